The Balaban J connectivity index is 1.53. The lowest BCUT2D eigenvalue weighted by atomic mass is 10.1. The molecule has 0 aromatic heterocycles. The molecule has 3 rings (SSSR count). The van der Waals surface area contributed by atoms with Gasteiger partial charge in [0.25, 0.3) is 0 Å². The van der Waals surface area contributed by atoms with Crippen LogP contribution in [0.2, 0.25) is 0 Å². The molecule has 7 heteroatoms. The molecule has 1 aromatic carbocycles. The molecule has 0 unspecified atom stereocenters. The number of amides is 1. The van der Waals surface area contributed by atoms with Crippen molar-refractivity contribution in [3.8, 4) is 5.75 Å². The zero-order valence-electron chi connectivity index (χ0n) is 12.0. The molecule has 22 heavy (non-hydrogen) atoms. The molecule has 0 bridgehead atoms. The van der Waals surface area contributed by atoms with E-state index < -0.39 is 0 Å². The van der Waals surface area contributed by atoms with E-state index in [4.69, 9.17) is 9.47 Å². The summed E-state index contributed by atoms with van der Waals surface area (Å²) in [6, 6.07) is 7.71. The summed E-state index contributed by atoms with van der Waals surface area (Å²) < 4.78 is 11.2. The Kier molecular flexibility index (Phi) is 5.07. The van der Waals surface area contributed by atoms with Crippen molar-refractivity contribution in [2.24, 2.45) is 10.2 Å². The van der Waals surface area contributed by atoms with E-state index in [9.17, 15) is 4.79 Å². The van der Waals surface area contributed by atoms with E-state index in [0.717, 1.165) is 37.4 Å². The van der Waals surface area contributed by atoms with Crippen LogP contribution in [0.5, 0.6) is 5.75 Å². The first kappa shape index (κ1) is 15.1. The van der Waals surface area contributed by atoms with Crippen molar-refractivity contribution in [3.05, 3.63) is 29.8 Å². The second-order valence-electron chi connectivity index (χ2n) is 4.99. The lowest BCUT2D eigenvalue weighted by molar-refractivity contribution is -0.116. The number of hydrogen-bond donors (Lipinski definition) is 1. The van der Waals surface area contributed by atoms with Gasteiger partial charge in [0.2, 0.25) is 5.91 Å². The molecule has 2 fully saturated rings. The van der Waals surface area contributed by atoms with Gasteiger partial charge in [-0.05, 0) is 29.8 Å². The fourth-order valence-corrected chi connectivity index (χ4v) is 2.78. The molecule has 2 aliphatic rings. The van der Waals surface area contributed by atoms with Crippen LogP contribution in [0.25, 0.3) is 0 Å². The molecule has 2 heterocycles. The highest BCUT2D eigenvalue weighted by atomic mass is 32.2. The average Bonchev–Trinajstić information content (AvgIpc) is 2.96. The quantitative estimate of drug-likeness (QED) is 0.678. The topological polar surface area (TPSA) is 72.3 Å². The minimum absolute atomic E-state index is 0.0337. The minimum atomic E-state index is -0.0337. The molecule has 2 aliphatic heterocycles. The Morgan fingerprint density at radius 3 is 2.73 bits per heavy atom. The Morgan fingerprint density at radius 2 is 2.05 bits per heavy atom. The molecule has 1 N–H and O–H groups in total. The SMILES string of the molecule is O=C1CSC(=NN=Cc2ccc(OC3CCOCC3)cc2)N1. The maximum absolute atomic E-state index is 11.0. The maximum atomic E-state index is 11.0. The van der Waals surface area contributed by atoms with E-state index in [1.54, 1.807) is 6.21 Å². The first-order valence-corrected chi connectivity index (χ1v) is 8.16. The van der Waals surface area contributed by atoms with E-state index in [0.29, 0.717) is 10.9 Å². The van der Waals surface area contributed by atoms with Crippen LogP contribution < -0.4 is 10.1 Å². The van der Waals surface area contributed by atoms with Crippen molar-refractivity contribution in [1.82, 2.24) is 5.32 Å². The van der Waals surface area contributed by atoms with Gasteiger partial charge in [-0.25, -0.2) is 0 Å². The lowest BCUT2D eigenvalue weighted by Gasteiger charge is -2.23. The predicted octanol–water partition coefficient (Wildman–Crippen LogP) is 1.80. The Hall–Kier alpha value is -1.86. The molecule has 0 aliphatic carbocycles. The molecule has 1 aromatic rings. The van der Waals surface area contributed by atoms with Crippen LogP contribution in [0, 0.1) is 0 Å². The molecule has 6 nitrogen and oxygen atoms in total. The molecule has 0 radical (unpaired) electrons. The zero-order chi connectivity index (χ0) is 15.2. The summed E-state index contributed by atoms with van der Waals surface area (Å²) >= 11 is 1.35. The van der Waals surface area contributed by atoms with Crippen LogP contribution in [0.1, 0.15) is 18.4 Å². The lowest BCUT2D eigenvalue weighted by Crippen LogP contribution is -2.25. The van der Waals surface area contributed by atoms with Crippen LogP contribution in [-0.2, 0) is 9.53 Å². The van der Waals surface area contributed by atoms with Crippen molar-refractivity contribution in [2.75, 3.05) is 19.0 Å². The summed E-state index contributed by atoms with van der Waals surface area (Å²) in [6.07, 6.45) is 3.76. The number of hydrogen-bond acceptors (Lipinski definition) is 6. The second kappa shape index (κ2) is 7.42. The Morgan fingerprint density at radius 1 is 1.27 bits per heavy atom. The van der Waals surface area contributed by atoms with Gasteiger partial charge in [0, 0.05) is 12.8 Å². The maximum Gasteiger partial charge on any atom is 0.236 e. The fraction of sp³-hybridized carbons (Fsp3) is 0.400. The van der Waals surface area contributed by atoms with Crippen molar-refractivity contribution in [2.45, 2.75) is 18.9 Å². The van der Waals surface area contributed by atoms with Gasteiger partial charge in [-0.3, -0.25) is 4.79 Å². The molecule has 116 valence electrons. The standard InChI is InChI=1S/C15H17N3O3S/c19-14-10-22-15(17-14)18-16-9-11-1-3-12(4-2-11)21-13-5-7-20-8-6-13/h1-4,9,13H,5-8,10H2,(H,17,18,19). The van der Waals surface area contributed by atoms with Gasteiger partial charge in [-0.2, -0.15) is 5.10 Å². The smallest absolute Gasteiger partial charge is 0.236 e. The van der Waals surface area contributed by atoms with E-state index in [1.165, 1.54) is 11.8 Å². The predicted molar refractivity (Wildman–Crippen MR) is 86.5 cm³/mol. The number of amidine groups is 1. The monoisotopic (exact) mass is 319 g/mol. The van der Waals surface area contributed by atoms with Gasteiger partial charge in [0.05, 0.1) is 25.2 Å². The van der Waals surface area contributed by atoms with Gasteiger partial charge in [-0.1, -0.05) is 11.8 Å². The first-order chi connectivity index (χ1) is 10.8. The minimum Gasteiger partial charge on any atom is -0.490 e. The largest absolute Gasteiger partial charge is 0.490 e. The number of nitrogens with one attached hydrogen (secondary N) is 1. The fourth-order valence-electron chi connectivity index (χ4n) is 2.15. The Labute approximate surface area is 133 Å². The van der Waals surface area contributed by atoms with Crippen LogP contribution in [0.15, 0.2) is 34.5 Å². The number of carbonyl (C=O) groups excluding carboxylic acids is 1. The molecular formula is C15H17N3O3S. The summed E-state index contributed by atoms with van der Waals surface area (Å²) in [7, 11) is 0. The van der Waals surface area contributed by atoms with E-state index >= 15 is 0 Å². The van der Waals surface area contributed by atoms with Crippen molar-refractivity contribution in [3.63, 3.8) is 0 Å². The van der Waals surface area contributed by atoms with Gasteiger partial charge in [0.1, 0.15) is 11.9 Å². The molecule has 0 spiro atoms. The number of benzene rings is 1. The number of ether oxygens (including phenoxy) is 2. The van der Waals surface area contributed by atoms with E-state index in [1.807, 2.05) is 24.3 Å². The molecule has 0 atom stereocenters. The van der Waals surface area contributed by atoms with E-state index in [2.05, 4.69) is 15.5 Å². The van der Waals surface area contributed by atoms with Crippen LogP contribution >= 0.6 is 11.8 Å². The molecule has 0 saturated carbocycles. The molecular weight excluding hydrogens is 302 g/mol. The summed E-state index contributed by atoms with van der Waals surface area (Å²) in [5, 5.41) is 11.1. The number of rotatable bonds is 4. The second-order valence-corrected chi connectivity index (χ2v) is 5.95. The van der Waals surface area contributed by atoms with Crippen LogP contribution in [-0.4, -0.2) is 42.4 Å². The average molecular weight is 319 g/mol. The van der Waals surface area contributed by atoms with Gasteiger partial charge in [0.15, 0.2) is 5.17 Å². The van der Waals surface area contributed by atoms with Gasteiger partial charge >= 0.3 is 0 Å². The van der Waals surface area contributed by atoms with Crippen LogP contribution in [0.3, 0.4) is 0 Å². The molecule has 2 saturated heterocycles. The molecule has 1 amide bonds. The third kappa shape index (κ3) is 4.32. The first-order valence-electron chi connectivity index (χ1n) is 7.18. The highest BCUT2D eigenvalue weighted by Crippen LogP contribution is 2.18. The van der Waals surface area contributed by atoms with Gasteiger partial charge in [-0.15, -0.1) is 5.10 Å². The van der Waals surface area contributed by atoms with Crippen molar-refractivity contribution < 1.29 is 14.3 Å². The normalized spacial score (nSPS) is 21.5. The number of carbonyl (C=O) groups is 1. The summed E-state index contributed by atoms with van der Waals surface area (Å²) in [5.41, 5.74) is 0.929. The summed E-state index contributed by atoms with van der Waals surface area (Å²) in [6.45, 7) is 1.54. The summed E-state index contributed by atoms with van der Waals surface area (Å²) in [4.78, 5) is 11.0. The highest BCUT2D eigenvalue weighted by Gasteiger charge is 2.16. The number of nitrogens with zero attached hydrogens (tertiary/aromatic N) is 2. The highest BCUT2D eigenvalue weighted by molar-refractivity contribution is 8.15. The number of thioether (sulfide) groups is 1. The summed E-state index contributed by atoms with van der Waals surface area (Å²) in [5.74, 6) is 1.23. The van der Waals surface area contributed by atoms with Crippen molar-refractivity contribution >= 4 is 29.1 Å². The van der Waals surface area contributed by atoms with Gasteiger partial charge < -0.3 is 14.8 Å². The third-order valence-corrected chi connectivity index (χ3v) is 4.16. The third-order valence-electron chi connectivity index (χ3n) is 3.29. The van der Waals surface area contributed by atoms with Crippen LogP contribution in [0.4, 0.5) is 0 Å². The van der Waals surface area contributed by atoms with Crippen molar-refractivity contribution in [1.29, 1.82) is 0 Å². The zero-order valence-corrected chi connectivity index (χ0v) is 12.8. The van der Waals surface area contributed by atoms with E-state index in [-0.39, 0.29) is 12.0 Å². The Bertz CT molecular complexity index is 580.